The topological polar surface area (TPSA) is 88.1 Å². The number of aryl methyl sites for hydroxylation is 2. The number of rotatable bonds is 16. The number of carboxylic acid groups (broad SMARTS) is 1. The molecule has 0 saturated heterocycles. The van der Waals surface area contributed by atoms with Gasteiger partial charge in [0.15, 0.2) is 6.10 Å². The van der Waals surface area contributed by atoms with E-state index >= 15 is 0 Å². The zero-order chi connectivity index (χ0) is 28.9. The Kier molecular flexibility index (Phi) is 11.9. The maximum atomic E-state index is 13.3. The van der Waals surface area contributed by atoms with Crippen LogP contribution in [0.5, 0.6) is 5.75 Å². The van der Waals surface area contributed by atoms with Gasteiger partial charge in [-0.2, -0.15) is 11.8 Å². The number of amides is 2. The zero-order valence-electron chi connectivity index (χ0n) is 23.7. The van der Waals surface area contributed by atoms with Crippen molar-refractivity contribution in [1.82, 2.24) is 4.90 Å². The highest BCUT2D eigenvalue weighted by Gasteiger charge is 2.18. The number of fused-ring (bicyclic) bond motifs is 1. The molecule has 0 saturated carbocycles. The Morgan fingerprint density at radius 1 is 0.976 bits per heavy atom. The van der Waals surface area contributed by atoms with Crippen molar-refractivity contribution < 1.29 is 24.2 Å². The molecule has 0 radical (unpaired) electrons. The van der Waals surface area contributed by atoms with E-state index in [0.29, 0.717) is 38.5 Å². The van der Waals surface area contributed by atoms with Crippen LogP contribution in [-0.2, 0) is 34.5 Å². The minimum atomic E-state index is -0.969. The van der Waals surface area contributed by atoms with Crippen LogP contribution in [0.4, 0.5) is 10.5 Å². The molecule has 3 aromatic carbocycles. The van der Waals surface area contributed by atoms with Crippen LogP contribution in [0, 0.1) is 0 Å². The normalized spacial score (nSPS) is 12.9. The van der Waals surface area contributed by atoms with E-state index in [2.05, 4.69) is 41.7 Å². The second-order valence-corrected chi connectivity index (χ2v) is 11.2. The Bertz CT molecular complexity index is 1250. The van der Waals surface area contributed by atoms with Gasteiger partial charge in [0.05, 0.1) is 6.54 Å². The lowest BCUT2D eigenvalue weighted by Crippen LogP contribution is -2.38. The number of ether oxygens (including phenoxy) is 2. The third-order valence-corrected chi connectivity index (χ3v) is 8.20. The molecule has 4 rings (SSSR count). The predicted molar refractivity (Wildman–Crippen MR) is 165 cm³/mol. The molecule has 0 aromatic heterocycles. The predicted octanol–water partition coefficient (Wildman–Crippen LogP) is 6.44. The fourth-order valence-electron chi connectivity index (χ4n) is 4.92. The molecule has 0 bridgehead atoms. The first-order valence-electron chi connectivity index (χ1n) is 14.4. The van der Waals surface area contributed by atoms with Crippen molar-refractivity contribution in [3.63, 3.8) is 0 Å². The maximum Gasteiger partial charge on any atom is 0.333 e. The van der Waals surface area contributed by atoms with Gasteiger partial charge in [0, 0.05) is 31.0 Å². The minimum Gasteiger partial charge on any atom is -0.492 e. The summed E-state index contributed by atoms with van der Waals surface area (Å²) >= 11 is 1.87. The molecule has 2 N–H and O–H groups in total. The number of carbonyl (C=O) groups is 2. The SMILES string of the molecule is CCOC(Cc1ccc(OCCN(CCCSCc2ccccc2)C(=O)Nc2ccc3c(c2)CCC3)cc1)C(=O)O. The van der Waals surface area contributed by atoms with E-state index in [0.717, 1.165) is 42.0 Å². The Balaban J connectivity index is 1.29. The van der Waals surface area contributed by atoms with Crippen LogP contribution in [0.15, 0.2) is 72.8 Å². The molecule has 0 heterocycles. The summed E-state index contributed by atoms with van der Waals surface area (Å²) in [5, 5.41) is 12.4. The molecule has 0 aliphatic heterocycles. The number of carboxylic acids is 1. The maximum absolute atomic E-state index is 13.3. The van der Waals surface area contributed by atoms with Crippen LogP contribution in [-0.4, -0.2) is 60.2 Å². The Labute approximate surface area is 247 Å². The van der Waals surface area contributed by atoms with Gasteiger partial charge in [-0.3, -0.25) is 0 Å². The van der Waals surface area contributed by atoms with Gasteiger partial charge in [-0.05, 0) is 84.9 Å². The van der Waals surface area contributed by atoms with Gasteiger partial charge in [-0.1, -0.05) is 48.5 Å². The molecule has 3 aromatic rings. The third-order valence-electron chi connectivity index (χ3n) is 7.08. The van der Waals surface area contributed by atoms with E-state index in [1.165, 1.54) is 23.1 Å². The number of hydrogen-bond donors (Lipinski definition) is 2. The molecule has 218 valence electrons. The largest absolute Gasteiger partial charge is 0.492 e. The molecule has 2 amide bonds. The fraction of sp³-hybridized carbons (Fsp3) is 0.394. The van der Waals surface area contributed by atoms with Crippen molar-refractivity contribution >= 4 is 29.4 Å². The number of hydrogen-bond acceptors (Lipinski definition) is 5. The van der Waals surface area contributed by atoms with E-state index < -0.39 is 12.1 Å². The first-order valence-corrected chi connectivity index (χ1v) is 15.5. The molecule has 1 aliphatic rings. The number of carbonyl (C=O) groups excluding carboxylic acids is 1. The molecular weight excluding hydrogens is 536 g/mol. The average molecular weight is 577 g/mol. The van der Waals surface area contributed by atoms with Gasteiger partial charge in [0.1, 0.15) is 12.4 Å². The number of thioether (sulfide) groups is 1. The summed E-state index contributed by atoms with van der Waals surface area (Å²) in [4.78, 5) is 26.5. The summed E-state index contributed by atoms with van der Waals surface area (Å²) < 4.78 is 11.3. The van der Waals surface area contributed by atoms with E-state index in [4.69, 9.17) is 9.47 Å². The first-order chi connectivity index (χ1) is 20.0. The molecule has 41 heavy (non-hydrogen) atoms. The Morgan fingerprint density at radius 3 is 2.51 bits per heavy atom. The molecular formula is C33H40N2O5S. The lowest BCUT2D eigenvalue weighted by Gasteiger charge is -2.23. The first kappa shape index (κ1) is 30.5. The lowest BCUT2D eigenvalue weighted by molar-refractivity contribution is -0.149. The van der Waals surface area contributed by atoms with Crippen LogP contribution >= 0.6 is 11.8 Å². The summed E-state index contributed by atoms with van der Waals surface area (Å²) in [5.41, 5.74) is 5.71. The molecule has 7 nitrogen and oxygen atoms in total. The zero-order valence-corrected chi connectivity index (χ0v) is 24.5. The average Bonchev–Trinajstić information content (AvgIpc) is 3.45. The highest BCUT2D eigenvalue weighted by molar-refractivity contribution is 7.98. The quantitative estimate of drug-likeness (QED) is 0.191. The van der Waals surface area contributed by atoms with Crippen molar-refractivity contribution in [3.05, 3.63) is 95.1 Å². The molecule has 0 spiro atoms. The van der Waals surface area contributed by atoms with Gasteiger partial charge in [-0.15, -0.1) is 0 Å². The summed E-state index contributed by atoms with van der Waals surface area (Å²) in [6.45, 7) is 3.57. The van der Waals surface area contributed by atoms with Crippen LogP contribution in [0.1, 0.15) is 42.0 Å². The van der Waals surface area contributed by atoms with Crippen molar-refractivity contribution in [1.29, 1.82) is 0 Å². The van der Waals surface area contributed by atoms with Gasteiger partial charge < -0.3 is 24.8 Å². The summed E-state index contributed by atoms with van der Waals surface area (Å²) in [6.07, 6.45) is 3.66. The number of nitrogens with zero attached hydrogens (tertiary/aromatic N) is 1. The monoisotopic (exact) mass is 576 g/mol. The van der Waals surface area contributed by atoms with Crippen molar-refractivity contribution in [2.24, 2.45) is 0 Å². The van der Waals surface area contributed by atoms with Crippen molar-refractivity contribution in [2.45, 2.75) is 50.9 Å². The van der Waals surface area contributed by atoms with Crippen molar-refractivity contribution in [3.8, 4) is 5.75 Å². The van der Waals surface area contributed by atoms with Crippen LogP contribution < -0.4 is 10.1 Å². The standard InChI is InChI=1S/C33H40N2O5S/c1-2-39-31(32(36)37)22-25-12-16-30(17-13-25)40-20-19-35(18-7-21-41-24-26-8-4-3-5-9-26)33(38)34-29-15-14-27-10-6-11-28(27)23-29/h3-5,8-9,12-17,23,31H,2,6-7,10-11,18-22,24H2,1H3,(H,34,38)(H,36,37). The molecule has 0 fully saturated rings. The third kappa shape index (κ3) is 9.83. The van der Waals surface area contributed by atoms with E-state index in [1.807, 2.05) is 53.1 Å². The molecule has 1 unspecified atom stereocenters. The summed E-state index contributed by atoms with van der Waals surface area (Å²) in [6, 6.07) is 23.9. The lowest BCUT2D eigenvalue weighted by atomic mass is 10.1. The number of aliphatic carboxylic acids is 1. The van der Waals surface area contributed by atoms with Crippen LogP contribution in [0.25, 0.3) is 0 Å². The van der Waals surface area contributed by atoms with Gasteiger partial charge in [0.2, 0.25) is 0 Å². The molecule has 1 aliphatic carbocycles. The summed E-state index contributed by atoms with van der Waals surface area (Å²) in [5.74, 6) is 1.62. The highest BCUT2D eigenvalue weighted by Crippen LogP contribution is 2.25. The molecule has 1 atom stereocenters. The second kappa shape index (κ2) is 16.1. The number of urea groups is 1. The highest BCUT2D eigenvalue weighted by atomic mass is 32.2. The number of nitrogens with one attached hydrogen (secondary N) is 1. The van der Waals surface area contributed by atoms with E-state index in [1.54, 1.807) is 6.92 Å². The number of anilines is 1. The van der Waals surface area contributed by atoms with Gasteiger partial charge in [-0.25, -0.2) is 9.59 Å². The van der Waals surface area contributed by atoms with Crippen molar-refractivity contribution in [2.75, 3.05) is 37.4 Å². The van der Waals surface area contributed by atoms with Crippen LogP contribution in [0.3, 0.4) is 0 Å². The van der Waals surface area contributed by atoms with E-state index in [9.17, 15) is 14.7 Å². The smallest absolute Gasteiger partial charge is 0.333 e. The van der Waals surface area contributed by atoms with Gasteiger partial charge >= 0.3 is 12.0 Å². The summed E-state index contributed by atoms with van der Waals surface area (Å²) in [7, 11) is 0. The fourth-order valence-corrected chi connectivity index (χ4v) is 5.82. The second-order valence-electron chi connectivity index (χ2n) is 10.1. The van der Waals surface area contributed by atoms with Gasteiger partial charge in [0.25, 0.3) is 0 Å². The van der Waals surface area contributed by atoms with Crippen LogP contribution in [0.2, 0.25) is 0 Å². The molecule has 8 heteroatoms. The van der Waals surface area contributed by atoms with E-state index in [-0.39, 0.29) is 6.03 Å². The Morgan fingerprint density at radius 2 is 1.76 bits per heavy atom. The minimum absolute atomic E-state index is 0.120. The number of benzene rings is 3. The Hall–Kier alpha value is -3.49.